The van der Waals surface area contributed by atoms with Gasteiger partial charge in [0.2, 0.25) is 0 Å². The van der Waals surface area contributed by atoms with Gasteiger partial charge in [-0.1, -0.05) is 0 Å². The van der Waals surface area contributed by atoms with Gasteiger partial charge in [0.25, 0.3) is 0 Å². The summed E-state index contributed by atoms with van der Waals surface area (Å²) in [6.45, 7) is -0.843. The van der Waals surface area contributed by atoms with E-state index in [1.807, 2.05) is 0 Å². The lowest BCUT2D eigenvalue weighted by Gasteiger charge is -2.37. The summed E-state index contributed by atoms with van der Waals surface area (Å²) in [5, 5.41) is 49.1. The number of aromatic nitrogens is 2. The van der Waals surface area contributed by atoms with Crippen LogP contribution in [0.5, 0.6) is 0 Å². The number of nitrogens with two attached hydrogens (primary N) is 1. The first-order valence-electron chi connectivity index (χ1n) is 7.93. The molecule has 8 atom stereocenters. The highest BCUT2D eigenvalue weighted by molar-refractivity contribution is 5.23. The quantitative estimate of drug-likeness (QED) is 0.300. The van der Waals surface area contributed by atoms with E-state index in [4.69, 9.17) is 19.9 Å². The number of anilines is 1. The molecule has 0 unspecified atom stereocenters. The topological polar surface area (TPSA) is 190 Å². The van der Waals surface area contributed by atoms with E-state index in [-0.39, 0.29) is 12.4 Å². The molecule has 0 saturated carbocycles. The minimum Gasteiger partial charge on any atom is -0.394 e. The number of ether oxygens (including phenoxy) is 3. The van der Waals surface area contributed by atoms with Crippen molar-refractivity contribution < 1.29 is 39.7 Å². The van der Waals surface area contributed by atoms with E-state index >= 15 is 0 Å². The number of hydrogen-bond acceptors (Lipinski definition) is 11. The van der Waals surface area contributed by atoms with Crippen LogP contribution in [0, 0.1) is 0 Å². The van der Waals surface area contributed by atoms with Crippen LogP contribution in [0.15, 0.2) is 17.1 Å². The molecule has 0 spiro atoms. The van der Waals surface area contributed by atoms with Crippen LogP contribution in [0.2, 0.25) is 0 Å². The Balaban J connectivity index is 1.78. The van der Waals surface area contributed by atoms with Crippen LogP contribution in [-0.4, -0.2) is 91.2 Å². The van der Waals surface area contributed by atoms with Crippen molar-refractivity contribution in [1.82, 2.24) is 9.55 Å². The Bertz CT molecular complexity index is 686. The van der Waals surface area contributed by atoms with Gasteiger partial charge in [-0.25, -0.2) is 4.79 Å². The molecule has 7 N–H and O–H groups in total. The highest BCUT2D eigenvalue weighted by Gasteiger charge is 2.49. The molecule has 0 aliphatic carbocycles. The fourth-order valence-corrected chi connectivity index (χ4v) is 2.94. The van der Waals surface area contributed by atoms with Crippen LogP contribution >= 0.6 is 0 Å². The van der Waals surface area contributed by atoms with Crippen molar-refractivity contribution in [2.75, 3.05) is 18.9 Å². The maximum atomic E-state index is 11.9. The summed E-state index contributed by atoms with van der Waals surface area (Å²) in [5.74, 6) is -0.00322. The van der Waals surface area contributed by atoms with Gasteiger partial charge in [0.05, 0.1) is 13.2 Å². The number of rotatable bonds is 4. The third-order valence-electron chi connectivity index (χ3n) is 4.36. The number of aliphatic hydroxyl groups is 5. The van der Waals surface area contributed by atoms with Crippen molar-refractivity contribution in [3.63, 3.8) is 0 Å². The first-order chi connectivity index (χ1) is 12.3. The monoisotopic (exact) mass is 375 g/mol. The second-order valence-electron chi connectivity index (χ2n) is 6.13. The van der Waals surface area contributed by atoms with Gasteiger partial charge in [-0.05, 0) is 6.07 Å². The van der Waals surface area contributed by atoms with E-state index in [0.29, 0.717) is 0 Å². The number of aliphatic hydroxyl groups excluding tert-OH is 5. The summed E-state index contributed by atoms with van der Waals surface area (Å²) in [7, 11) is 0. The largest absolute Gasteiger partial charge is 0.394 e. The number of nitrogens with zero attached hydrogens (tertiary/aromatic N) is 2. The summed E-state index contributed by atoms with van der Waals surface area (Å²) in [6, 6.07) is 1.34. The van der Waals surface area contributed by atoms with Gasteiger partial charge in [-0.15, -0.1) is 0 Å². The SMILES string of the molecule is Nc1ccn([C@@H]2O[C@H](CO)[C@@H](O[C@@H]3OC[C@@H](O)[C@H](O)[C@H]3O)[C@H]2O)c(=O)n1. The Morgan fingerprint density at radius 2 is 2.00 bits per heavy atom. The summed E-state index contributed by atoms with van der Waals surface area (Å²) < 4.78 is 17.1. The lowest BCUT2D eigenvalue weighted by molar-refractivity contribution is -0.291. The summed E-state index contributed by atoms with van der Waals surface area (Å²) >= 11 is 0. The zero-order chi connectivity index (χ0) is 19.0. The molecule has 146 valence electrons. The van der Waals surface area contributed by atoms with Crippen molar-refractivity contribution in [3.05, 3.63) is 22.7 Å². The summed E-state index contributed by atoms with van der Waals surface area (Å²) in [5.41, 5.74) is 4.66. The van der Waals surface area contributed by atoms with E-state index in [1.54, 1.807) is 0 Å². The van der Waals surface area contributed by atoms with Gasteiger partial charge in [-0.3, -0.25) is 4.57 Å². The Kier molecular flexibility index (Phi) is 5.55. The third-order valence-corrected chi connectivity index (χ3v) is 4.36. The molecule has 1 aromatic rings. The first-order valence-corrected chi connectivity index (χ1v) is 7.93. The van der Waals surface area contributed by atoms with Crippen molar-refractivity contribution in [1.29, 1.82) is 0 Å². The van der Waals surface area contributed by atoms with Crippen molar-refractivity contribution >= 4 is 5.82 Å². The smallest absolute Gasteiger partial charge is 0.351 e. The van der Waals surface area contributed by atoms with Crippen LogP contribution in [0.4, 0.5) is 5.82 Å². The normalized spacial score (nSPS) is 40.7. The minimum atomic E-state index is -1.58. The highest BCUT2D eigenvalue weighted by atomic mass is 16.7. The van der Waals surface area contributed by atoms with E-state index in [1.165, 1.54) is 12.3 Å². The summed E-state index contributed by atoms with van der Waals surface area (Å²) in [4.78, 5) is 15.5. The van der Waals surface area contributed by atoms with Gasteiger partial charge in [-0.2, -0.15) is 4.98 Å². The zero-order valence-electron chi connectivity index (χ0n) is 13.5. The third kappa shape index (κ3) is 3.45. The molecule has 1 aromatic heterocycles. The average Bonchev–Trinajstić information content (AvgIpc) is 2.91. The number of nitrogen functional groups attached to an aromatic ring is 1. The van der Waals surface area contributed by atoms with Gasteiger partial charge >= 0.3 is 5.69 Å². The zero-order valence-corrected chi connectivity index (χ0v) is 13.5. The molecular weight excluding hydrogens is 354 g/mol. The molecule has 2 saturated heterocycles. The lowest BCUT2D eigenvalue weighted by atomic mass is 10.0. The second kappa shape index (κ2) is 7.54. The van der Waals surface area contributed by atoms with Crippen molar-refractivity contribution in [2.45, 2.75) is 49.1 Å². The standard InChI is InChI=1S/C14H21N3O9/c15-7-1-2-17(14(23)16-7)12-10(22)11(6(3-18)25-12)26-13-9(21)8(20)5(19)4-24-13/h1-2,5-6,8-13,18-22H,3-4H2,(H2,15,16,23)/t5-,6-,8+,9-,10-,11-,12-,13+/m1/s1. The molecule has 0 aromatic carbocycles. The maximum Gasteiger partial charge on any atom is 0.351 e. The van der Waals surface area contributed by atoms with E-state index < -0.39 is 61.4 Å². The van der Waals surface area contributed by atoms with Gasteiger partial charge < -0.3 is 45.5 Å². The molecule has 2 aliphatic heterocycles. The van der Waals surface area contributed by atoms with E-state index in [2.05, 4.69) is 4.98 Å². The lowest BCUT2D eigenvalue weighted by Crippen LogP contribution is -2.56. The van der Waals surface area contributed by atoms with Gasteiger partial charge in [0.15, 0.2) is 12.5 Å². The molecule has 0 amide bonds. The minimum absolute atomic E-state index is 0.00322. The molecule has 12 heteroatoms. The Morgan fingerprint density at radius 3 is 2.65 bits per heavy atom. The molecule has 0 bridgehead atoms. The molecular formula is C14H21N3O9. The van der Waals surface area contributed by atoms with Gasteiger partial charge in [0, 0.05) is 6.20 Å². The van der Waals surface area contributed by atoms with E-state index in [0.717, 1.165) is 4.57 Å². The average molecular weight is 375 g/mol. The van der Waals surface area contributed by atoms with Gasteiger partial charge in [0.1, 0.15) is 42.4 Å². The molecule has 3 heterocycles. The fourth-order valence-electron chi connectivity index (χ4n) is 2.94. The summed E-state index contributed by atoms with van der Waals surface area (Å²) in [6.07, 6.45) is -9.31. The molecule has 3 rings (SSSR count). The molecule has 12 nitrogen and oxygen atoms in total. The molecule has 2 aliphatic rings. The second-order valence-corrected chi connectivity index (χ2v) is 6.13. The Hall–Kier alpha value is -1.64. The number of hydrogen-bond donors (Lipinski definition) is 6. The van der Waals surface area contributed by atoms with Crippen LogP contribution in [0.1, 0.15) is 6.23 Å². The Morgan fingerprint density at radius 1 is 1.27 bits per heavy atom. The molecule has 0 radical (unpaired) electrons. The highest BCUT2D eigenvalue weighted by Crippen LogP contribution is 2.32. The maximum absolute atomic E-state index is 11.9. The predicted octanol–water partition coefficient (Wildman–Crippen LogP) is -4.10. The predicted molar refractivity (Wildman–Crippen MR) is 82.5 cm³/mol. The first kappa shape index (κ1) is 19.1. The van der Waals surface area contributed by atoms with Crippen LogP contribution in [0.25, 0.3) is 0 Å². The molecule has 2 fully saturated rings. The fraction of sp³-hybridized carbons (Fsp3) is 0.714. The van der Waals surface area contributed by atoms with E-state index in [9.17, 15) is 30.3 Å². The Labute approximate surface area is 147 Å². The molecule has 26 heavy (non-hydrogen) atoms. The van der Waals surface area contributed by atoms with Crippen molar-refractivity contribution in [2.24, 2.45) is 0 Å². The van der Waals surface area contributed by atoms with Crippen LogP contribution < -0.4 is 11.4 Å². The van der Waals surface area contributed by atoms with Crippen LogP contribution in [0.3, 0.4) is 0 Å². The van der Waals surface area contributed by atoms with Crippen molar-refractivity contribution in [3.8, 4) is 0 Å². The van der Waals surface area contributed by atoms with Crippen LogP contribution in [-0.2, 0) is 14.2 Å².